The highest BCUT2D eigenvalue weighted by Crippen LogP contribution is 2.31. The molecule has 42 heavy (non-hydrogen) atoms. The van der Waals surface area contributed by atoms with E-state index in [-0.39, 0.29) is 33.3 Å². The molecule has 1 saturated carbocycles. The fourth-order valence-corrected chi connectivity index (χ4v) is 5.54. The lowest BCUT2D eigenvalue weighted by Gasteiger charge is -2.32. The van der Waals surface area contributed by atoms with Crippen LogP contribution in [0.25, 0.3) is 11.0 Å². The van der Waals surface area contributed by atoms with Crippen molar-refractivity contribution in [3.05, 3.63) is 105 Å². The van der Waals surface area contributed by atoms with Crippen molar-refractivity contribution in [2.75, 3.05) is 12.0 Å². The lowest BCUT2D eigenvalue weighted by atomic mass is 9.94. The van der Waals surface area contributed by atoms with Crippen LogP contribution in [0, 0.1) is 6.92 Å². The monoisotopic (exact) mass is 586 g/mol. The lowest BCUT2D eigenvalue weighted by Crippen LogP contribution is -2.50. The second-order valence-electron chi connectivity index (χ2n) is 10.5. The highest BCUT2D eigenvalue weighted by molar-refractivity contribution is 6.47. The summed E-state index contributed by atoms with van der Waals surface area (Å²) >= 11 is 6.32. The first-order chi connectivity index (χ1) is 20.3. The Morgan fingerprint density at radius 2 is 1.74 bits per heavy atom. The molecule has 1 fully saturated rings. The number of Topliss-reactive ketones (excluding diaryl/α,β-unsaturated/α-hetero) is 1. The number of hydrogen-bond acceptors (Lipinski definition) is 6. The Balaban J connectivity index is 1.68. The molecule has 1 aliphatic rings. The summed E-state index contributed by atoms with van der Waals surface area (Å²) in [5.41, 5.74) is 0.906. The van der Waals surface area contributed by atoms with Crippen molar-refractivity contribution in [2.45, 2.75) is 51.1 Å². The van der Waals surface area contributed by atoms with Gasteiger partial charge in [-0.2, -0.15) is 0 Å². The maximum Gasteiger partial charge on any atom is 0.300 e. The number of halogens is 1. The smallest absolute Gasteiger partial charge is 0.300 e. The van der Waals surface area contributed by atoms with E-state index in [1.54, 1.807) is 42.5 Å². The van der Waals surface area contributed by atoms with E-state index in [1.165, 1.54) is 31.6 Å². The number of carbonyl (C=O) groups excluding carboxylic acids is 3. The quantitative estimate of drug-likeness (QED) is 0.195. The third kappa shape index (κ3) is 6.09. The van der Waals surface area contributed by atoms with Gasteiger partial charge in [-0.25, -0.2) is 0 Å². The first-order valence-corrected chi connectivity index (χ1v) is 14.2. The molecule has 8 nitrogen and oxygen atoms in total. The second kappa shape index (κ2) is 12.6. The van der Waals surface area contributed by atoms with Crippen molar-refractivity contribution >= 4 is 45.9 Å². The van der Waals surface area contributed by atoms with Crippen molar-refractivity contribution in [1.82, 2.24) is 5.32 Å². The average molecular weight is 587 g/mol. The van der Waals surface area contributed by atoms with Crippen LogP contribution in [-0.2, 0) is 9.59 Å². The number of hydrogen-bond donors (Lipinski definition) is 1. The van der Waals surface area contributed by atoms with Crippen LogP contribution in [0.4, 0.5) is 5.69 Å². The topological polar surface area (TPSA) is 106 Å². The van der Waals surface area contributed by atoms with Gasteiger partial charge in [0.15, 0.2) is 5.43 Å². The van der Waals surface area contributed by atoms with Crippen LogP contribution in [0.3, 0.4) is 0 Å². The van der Waals surface area contributed by atoms with Crippen molar-refractivity contribution in [3.8, 4) is 5.75 Å². The van der Waals surface area contributed by atoms with Crippen LogP contribution in [0.5, 0.6) is 5.75 Å². The van der Waals surface area contributed by atoms with Crippen LogP contribution in [0.2, 0.25) is 5.02 Å². The Bertz CT molecular complexity index is 1690. The normalized spacial score (nSPS) is 14.3. The predicted molar refractivity (Wildman–Crippen MR) is 161 cm³/mol. The number of carbonyl (C=O) groups is 3. The van der Waals surface area contributed by atoms with E-state index in [0.29, 0.717) is 11.3 Å². The van der Waals surface area contributed by atoms with Gasteiger partial charge >= 0.3 is 0 Å². The Hall–Kier alpha value is -4.43. The van der Waals surface area contributed by atoms with Gasteiger partial charge in [0.2, 0.25) is 5.91 Å². The van der Waals surface area contributed by atoms with E-state index in [9.17, 15) is 19.2 Å². The van der Waals surface area contributed by atoms with E-state index in [4.69, 9.17) is 20.8 Å². The van der Waals surface area contributed by atoms with Crippen LogP contribution >= 0.6 is 11.6 Å². The molecule has 0 spiro atoms. The van der Waals surface area contributed by atoms with Gasteiger partial charge < -0.3 is 14.5 Å². The molecule has 1 heterocycles. The Labute approximate surface area is 248 Å². The van der Waals surface area contributed by atoms with Crippen molar-refractivity contribution < 1.29 is 23.5 Å². The zero-order valence-electron chi connectivity index (χ0n) is 23.4. The summed E-state index contributed by atoms with van der Waals surface area (Å²) in [6, 6.07) is 15.9. The van der Waals surface area contributed by atoms with Crippen LogP contribution in [0.15, 0.2) is 82.2 Å². The van der Waals surface area contributed by atoms with Gasteiger partial charge in [-0.15, -0.1) is 0 Å². The number of rotatable bonds is 8. The number of methoxy groups -OCH3 is 1. The fraction of sp³-hybridized carbons (Fsp3) is 0.273. The molecule has 1 atom stereocenters. The van der Waals surface area contributed by atoms with Gasteiger partial charge in [0.1, 0.15) is 23.6 Å². The molecule has 0 aliphatic heterocycles. The molecular weight excluding hydrogens is 556 g/mol. The Morgan fingerprint density at radius 1 is 1.00 bits per heavy atom. The highest BCUT2D eigenvalue weighted by Gasteiger charge is 2.39. The minimum atomic E-state index is -1.51. The van der Waals surface area contributed by atoms with Crippen molar-refractivity contribution in [2.24, 2.45) is 0 Å². The molecule has 9 heteroatoms. The molecule has 0 radical (unpaired) electrons. The molecule has 1 aliphatic carbocycles. The van der Waals surface area contributed by atoms with Gasteiger partial charge in [0.05, 0.1) is 18.1 Å². The van der Waals surface area contributed by atoms with E-state index >= 15 is 0 Å². The molecule has 0 bridgehead atoms. The average Bonchev–Trinajstić information content (AvgIpc) is 3.00. The Morgan fingerprint density at radius 3 is 2.43 bits per heavy atom. The van der Waals surface area contributed by atoms with Gasteiger partial charge in [0.25, 0.3) is 11.7 Å². The molecule has 1 aromatic heterocycles. The number of ether oxygens (including phenoxy) is 1. The van der Waals surface area contributed by atoms with Crippen LogP contribution < -0.4 is 20.4 Å². The number of nitrogens with zero attached hydrogens (tertiary/aromatic N) is 1. The molecule has 5 rings (SSSR count). The number of anilines is 1. The van der Waals surface area contributed by atoms with Crippen LogP contribution in [0.1, 0.15) is 59.6 Å². The highest BCUT2D eigenvalue weighted by atomic mass is 35.5. The van der Waals surface area contributed by atoms with Crippen molar-refractivity contribution in [1.29, 1.82) is 0 Å². The van der Waals surface area contributed by atoms with E-state index < -0.39 is 29.1 Å². The molecule has 3 aromatic carbocycles. The number of benzene rings is 3. The molecule has 216 valence electrons. The maximum atomic E-state index is 14.2. The summed E-state index contributed by atoms with van der Waals surface area (Å²) in [5, 5.41) is 3.60. The zero-order valence-corrected chi connectivity index (χ0v) is 24.1. The van der Waals surface area contributed by atoms with Crippen molar-refractivity contribution in [3.63, 3.8) is 0 Å². The van der Waals surface area contributed by atoms with E-state index in [2.05, 4.69) is 5.32 Å². The largest absolute Gasteiger partial charge is 0.497 e. The molecule has 1 N–H and O–H groups in total. The van der Waals surface area contributed by atoms with Gasteiger partial charge in [-0.3, -0.25) is 24.1 Å². The van der Waals surface area contributed by atoms with Gasteiger partial charge in [-0.05, 0) is 74.4 Å². The molecule has 1 unspecified atom stereocenters. The SMILES string of the molecule is COc1ccc(C(=O)C(=O)N(c2cccc(Cl)c2)C(C(=O)NC2CCCCC2)c2coc3ccc(C)cc3c2=O)cc1. The number of nitrogens with one attached hydrogen (secondary N) is 1. The number of ketones is 1. The fourth-order valence-electron chi connectivity index (χ4n) is 5.36. The number of amides is 2. The summed E-state index contributed by atoms with van der Waals surface area (Å²) in [6.07, 6.45) is 5.75. The first-order valence-electron chi connectivity index (χ1n) is 13.9. The van der Waals surface area contributed by atoms with Crippen LogP contribution in [-0.4, -0.2) is 30.7 Å². The third-order valence-corrected chi connectivity index (χ3v) is 7.79. The molecule has 2 amide bonds. The maximum absolute atomic E-state index is 14.2. The summed E-state index contributed by atoms with van der Waals surface area (Å²) in [7, 11) is 1.50. The zero-order chi connectivity index (χ0) is 29.8. The minimum Gasteiger partial charge on any atom is -0.497 e. The third-order valence-electron chi connectivity index (χ3n) is 7.56. The lowest BCUT2D eigenvalue weighted by molar-refractivity contribution is -0.126. The standard InChI is InChI=1S/C33H31ClN2O6/c1-20-11-16-28-26(17-20)31(38)27(19-42-28)29(32(39)35-23-8-4-3-5-9-23)36(24-10-6-7-22(34)18-24)33(40)30(37)21-12-14-25(41-2)15-13-21/h6-7,10-19,23,29H,3-5,8-9H2,1-2H3,(H,35,39). The first kappa shape index (κ1) is 29.1. The summed E-state index contributed by atoms with van der Waals surface area (Å²) in [6.45, 7) is 1.84. The number of fused-ring (bicyclic) bond motifs is 1. The van der Waals surface area contributed by atoms with E-state index in [0.717, 1.165) is 42.6 Å². The van der Waals surface area contributed by atoms with Gasteiger partial charge in [-0.1, -0.05) is 48.6 Å². The van der Waals surface area contributed by atoms with E-state index in [1.807, 2.05) is 13.0 Å². The van der Waals surface area contributed by atoms with Gasteiger partial charge in [0, 0.05) is 22.3 Å². The minimum absolute atomic E-state index is 0.0720. The summed E-state index contributed by atoms with van der Waals surface area (Å²) < 4.78 is 11.0. The molecular formula is C33H31ClN2O6. The summed E-state index contributed by atoms with van der Waals surface area (Å²) in [4.78, 5) is 56.9. The summed E-state index contributed by atoms with van der Waals surface area (Å²) in [5.74, 6) is -1.94. The Kier molecular flexibility index (Phi) is 8.73. The number of aryl methyl sites for hydroxylation is 1. The second-order valence-corrected chi connectivity index (χ2v) is 10.9. The predicted octanol–water partition coefficient (Wildman–Crippen LogP) is 6.17. The molecule has 0 saturated heterocycles. The molecule has 4 aromatic rings.